The number of hydrogen-bond donors (Lipinski definition) is 1. The maximum absolute atomic E-state index is 12.4. The second-order valence-corrected chi connectivity index (χ2v) is 5.78. The molecule has 0 spiro atoms. The zero-order chi connectivity index (χ0) is 15.5. The highest BCUT2D eigenvalue weighted by Crippen LogP contribution is 2.26. The van der Waals surface area contributed by atoms with Gasteiger partial charge >= 0.3 is 5.97 Å². The van der Waals surface area contributed by atoms with Crippen LogP contribution in [-0.2, 0) is 14.3 Å². The van der Waals surface area contributed by atoms with E-state index in [1.807, 2.05) is 6.92 Å². The summed E-state index contributed by atoms with van der Waals surface area (Å²) in [7, 11) is 0. The zero-order valence-electron chi connectivity index (χ0n) is 13.2. The number of rotatable bonds is 10. The summed E-state index contributed by atoms with van der Waals surface area (Å²) in [6, 6.07) is 0. The average Bonchev–Trinajstić information content (AvgIpc) is 2.47. The quantitative estimate of drug-likeness (QED) is 0.630. The van der Waals surface area contributed by atoms with Gasteiger partial charge in [0.05, 0.1) is 6.42 Å². The highest BCUT2D eigenvalue weighted by Gasteiger charge is 2.21. The molecule has 1 fully saturated rings. The Balaban J connectivity index is 2.39. The van der Waals surface area contributed by atoms with Gasteiger partial charge in [0.2, 0.25) is 5.91 Å². The van der Waals surface area contributed by atoms with Gasteiger partial charge in [0.1, 0.15) is 0 Å². The van der Waals surface area contributed by atoms with Gasteiger partial charge < -0.3 is 14.7 Å². The molecule has 1 N–H and O–H groups in total. The molecule has 0 aliphatic heterocycles. The van der Waals surface area contributed by atoms with Crippen LogP contribution >= 0.6 is 0 Å². The first-order valence-electron chi connectivity index (χ1n) is 8.20. The molecule has 0 aromatic carbocycles. The van der Waals surface area contributed by atoms with E-state index in [1.165, 1.54) is 19.3 Å². The largest absolute Gasteiger partial charge is 0.481 e. The highest BCUT2D eigenvalue weighted by molar-refractivity contribution is 5.77. The molecule has 0 aromatic rings. The van der Waals surface area contributed by atoms with Crippen LogP contribution < -0.4 is 0 Å². The lowest BCUT2D eigenvalue weighted by atomic mass is 9.86. The molecule has 5 heteroatoms. The third-order valence-corrected chi connectivity index (χ3v) is 4.06. The minimum Gasteiger partial charge on any atom is -0.481 e. The van der Waals surface area contributed by atoms with E-state index in [0.717, 1.165) is 19.3 Å². The van der Waals surface area contributed by atoms with Crippen molar-refractivity contribution in [2.45, 2.75) is 58.3 Å². The van der Waals surface area contributed by atoms with Crippen LogP contribution in [0.15, 0.2) is 0 Å². The van der Waals surface area contributed by atoms with E-state index in [2.05, 4.69) is 0 Å². The van der Waals surface area contributed by atoms with Crippen molar-refractivity contribution in [3.8, 4) is 0 Å². The molecule has 0 radical (unpaired) electrons. The Morgan fingerprint density at radius 1 is 1.19 bits per heavy atom. The Kier molecular flexibility index (Phi) is 9.06. The number of aliphatic carboxylic acids is 1. The molecule has 5 nitrogen and oxygen atoms in total. The lowest BCUT2D eigenvalue weighted by Crippen LogP contribution is -2.35. The number of carbonyl (C=O) groups is 2. The van der Waals surface area contributed by atoms with Crippen LogP contribution in [0.5, 0.6) is 0 Å². The number of ether oxygens (including phenoxy) is 1. The van der Waals surface area contributed by atoms with Crippen molar-refractivity contribution >= 4 is 11.9 Å². The van der Waals surface area contributed by atoms with Gasteiger partial charge in [-0.15, -0.1) is 0 Å². The van der Waals surface area contributed by atoms with Crippen molar-refractivity contribution in [1.29, 1.82) is 0 Å². The topological polar surface area (TPSA) is 66.8 Å². The van der Waals surface area contributed by atoms with Crippen LogP contribution in [0, 0.1) is 5.92 Å². The van der Waals surface area contributed by atoms with E-state index in [-0.39, 0.29) is 12.3 Å². The summed E-state index contributed by atoms with van der Waals surface area (Å²) in [5.74, 6) is -0.250. The molecule has 0 atom stereocenters. The third-order valence-electron chi connectivity index (χ3n) is 4.06. The molecule has 1 saturated carbocycles. The molecule has 0 saturated heterocycles. The zero-order valence-corrected chi connectivity index (χ0v) is 13.2. The molecule has 0 heterocycles. The highest BCUT2D eigenvalue weighted by atomic mass is 16.5. The molecule has 0 bridgehead atoms. The van der Waals surface area contributed by atoms with Crippen LogP contribution in [0.4, 0.5) is 0 Å². The number of amides is 1. The lowest BCUT2D eigenvalue weighted by Gasteiger charge is -2.26. The van der Waals surface area contributed by atoms with Crippen LogP contribution in [0.1, 0.15) is 58.3 Å². The fourth-order valence-electron chi connectivity index (χ4n) is 2.86. The summed E-state index contributed by atoms with van der Waals surface area (Å²) in [6.07, 6.45) is 7.36. The number of carboxylic acid groups (broad SMARTS) is 1. The number of carboxylic acids is 1. The Hall–Kier alpha value is -1.10. The molecular weight excluding hydrogens is 270 g/mol. The van der Waals surface area contributed by atoms with Crippen molar-refractivity contribution < 1.29 is 19.4 Å². The van der Waals surface area contributed by atoms with Gasteiger partial charge in [-0.25, -0.2) is 0 Å². The summed E-state index contributed by atoms with van der Waals surface area (Å²) in [6.45, 7) is 4.14. The molecule has 0 aromatic heterocycles. The van der Waals surface area contributed by atoms with Crippen molar-refractivity contribution in [3.05, 3.63) is 0 Å². The van der Waals surface area contributed by atoms with Gasteiger partial charge in [-0.3, -0.25) is 9.59 Å². The molecule has 122 valence electrons. The second-order valence-electron chi connectivity index (χ2n) is 5.78. The van der Waals surface area contributed by atoms with E-state index in [4.69, 9.17) is 9.84 Å². The Bertz CT molecular complexity index is 313. The van der Waals surface area contributed by atoms with Crippen LogP contribution in [0.2, 0.25) is 0 Å². The van der Waals surface area contributed by atoms with Crippen LogP contribution in [0.25, 0.3) is 0 Å². The van der Waals surface area contributed by atoms with Crippen molar-refractivity contribution in [2.24, 2.45) is 5.92 Å². The SMILES string of the molecule is CCOCCCN(CCC(=O)O)C(=O)CC1CCCCC1. The van der Waals surface area contributed by atoms with E-state index in [0.29, 0.717) is 38.6 Å². The van der Waals surface area contributed by atoms with Gasteiger partial charge in [0.15, 0.2) is 0 Å². The fourth-order valence-corrected chi connectivity index (χ4v) is 2.86. The predicted molar refractivity (Wildman–Crippen MR) is 81.1 cm³/mol. The molecular formula is C16H29NO4. The van der Waals surface area contributed by atoms with E-state index < -0.39 is 5.97 Å². The molecule has 1 rings (SSSR count). The number of nitrogens with zero attached hydrogens (tertiary/aromatic N) is 1. The summed E-state index contributed by atoms with van der Waals surface area (Å²) < 4.78 is 5.28. The van der Waals surface area contributed by atoms with E-state index >= 15 is 0 Å². The predicted octanol–water partition coefficient (Wildman–Crippen LogP) is 2.69. The minimum atomic E-state index is -0.852. The Labute approximate surface area is 127 Å². The summed E-state index contributed by atoms with van der Waals surface area (Å²) in [5, 5.41) is 8.81. The standard InChI is InChI=1S/C16H29NO4/c1-2-21-12-6-10-17(11-9-16(19)20)15(18)13-14-7-4-3-5-8-14/h14H,2-13H2,1H3,(H,19,20). The molecule has 1 aliphatic carbocycles. The number of carbonyl (C=O) groups excluding carboxylic acids is 1. The lowest BCUT2D eigenvalue weighted by molar-refractivity contribution is -0.138. The normalized spacial score (nSPS) is 15.9. The summed E-state index contributed by atoms with van der Waals surface area (Å²) >= 11 is 0. The summed E-state index contributed by atoms with van der Waals surface area (Å²) in [4.78, 5) is 24.8. The maximum atomic E-state index is 12.4. The molecule has 1 amide bonds. The van der Waals surface area contributed by atoms with Gasteiger partial charge in [-0.05, 0) is 32.1 Å². The monoisotopic (exact) mass is 299 g/mol. The smallest absolute Gasteiger partial charge is 0.305 e. The van der Waals surface area contributed by atoms with Crippen molar-refractivity contribution in [3.63, 3.8) is 0 Å². The van der Waals surface area contributed by atoms with Crippen LogP contribution in [0.3, 0.4) is 0 Å². The fraction of sp³-hybridized carbons (Fsp3) is 0.875. The van der Waals surface area contributed by atoms with E-state index in [9.17, 15) is 9.59 Å². The maximum Gasteiger partial charge on any atom is 0.305 e. The third kappa shape index (κ3) is 8.05. The Morgan fingerprint density at radius 2 is 1.90 bits per heavy atom. The van der Waals surface area contributed by atoms with Crippen molar-refractivity contribution in [1.82, 2.24) is 4.90 Å². The second kappa shape index (κ2) is 10.6. The van der Waals surface area contributed by atoms with Gasteiger partial charge in [-0.1, -0.05) is 19.3 Å². The first-order valence-corrected chi connectivity index (χ1v) is 8.20. The van der Waals surface area contributed by atoms with E-state index in [1.54, 1.807) is 4.90 Å². The minimum absolute atomic E-state index is 0.0189. The first-order chi connectivity index (χ1) is 10.1. The average molecular weight is 299 g/mol. The Morgan fingerprint density at radius 3 is 2.52 bits per heavy atom. The molecule has 21 heavy (non-hydrogen) atoms. The van der Waals surface area contributed by atoms with Gasteiger partial charge in [0.25, 0.3) is 0 Å². The molecule has 1 aliphatic rings. The molecule has 0 unspecified atom stereocenters. The summed E-state index contributed by atoms with van der Waals surface area (Å²) in [5.41, 5.74) is 0. The van der Waals surface area contributed by atoms with Crippen molar-refractivity contribution in [2.75, 3.05) is 26.3 Å². The van der Waals surface area contributed by atoms with Gasteiger partial charge in [0, 0.05) is 32.7 Å². The number of hydrogen-bond acceptors (Lipinski definition) is 3. The first kappa shape index (κ1) is 18.0. The van der Waals surface area contributed by atoms with Gasteiger partial charge in [-0.2, -0.15) is 0 Å². The van der Waals surface area contributed by atoms with Crippen LogP contribution in [-0.4, -0.2) is 48.2 Å².